The van der Waals surface area contributed by atoms with Crippen LogP contribution in [0.15, 0.2) is 30.5 Å². The van der Waals surface area contributed by atoms with Crippen molar-refractivity contribution in [2.75, 3.05) is 23.3 Å². The van der Waals surface area contributed by atoms with Crippen molar-refractivity contribution in [2.24, 2.45) is 7.05 Å². The summed E-state index contributed by atoms with van der Waals surface area (Å²) in [7, 11) is 1.74. The number of aromatic amines is 1. The molecule has 156 valence electrons. The average Bonchev–Trinajstić information content (AvgIpc) is 3.24. The first-order valence-electron chi connectivity index (χ1n) is 9.96. The van der Waals surface area contributed by atoms with Gasteiger partial charge >= 0.3 is 0 Å². The second-order valence-corrected chi connectivity index (χ2v) is 8.12. The minimum atomic E-state index is -0.444. The average molecular weight is 411 g/mol. The number of hydrogen-bond donors (Lipinski definition) is 3. The molecule has 1 fully saturated rings. The number of piperazine rings is 1. The van der Waals surface area contributed by atoms with Gasteiger partial charge in [0.25, 0.3) is 0 Å². The van der Waals surface area contributed by atoms with Crippen molar-refractivity contribution < 1.29 is 8.78 Å². The van der Waals surface area contributed by atoms with Gasteiger partial charge in [-0.3, -0.25) is 9.78 Å². The summed E-state index contributed by atoms with van der Waals surface area (Å²) in [6.45, 7) is 5.85. The fraction of sp³-hybridized carbons (Fsp3) is 0.333. The van der Waals surface area contributed by atoms with Crippen LogP contribution in [0.2, 0.25) is 0 Å². The molecule has 2 aromatic heterocycles. The van der Waals surface area contributed by atoms with E-state index in [-0.39, 0.29) is 5.82 Å². The number of anilines is 3. The van der Waals surface area contributed by atoms with Crippen LogP contribution >= 0.6 is 0 Å². The van der Waals surface area contributed by atoms with Crippen molar-refractivity contribution in [1.29, 1.82) is 0 Å². The van der Waals surface area contributed by atoms with Gasteiger partial charge in [0.05, 0.1) is 10.9 Å². The number of rotatable bonds is 3. The van der Waals surface area contributed by atoms with Crippen LogP contribution in [-0.4, -0.2) is 45.2 Å². The summed E-state index contributed by atoms with van der Waals surface area (Å²) < 4.78 is 31.0. The number of fused-ring (bicyclic) bond motifs is 2. The van der Waals surface area contributed by atoms with Crippen molar-refractivity contribution >= 4 is 39.0 Å². The van der Waals surface area contributed by atoms with E-state index >= 15 is 4.39 Å². The highest BCUT2D eigenvalue weighted by Crippen LogP contribution is 2.32. The van der Waals surface area contributed by atoms with Gasteiger partial charge in [0.15, 0.2) is 11.6 Å². The Morgan fingerprint density at radius 3 is 2.60 bits per heavy atom. The van der Waals surface area contributed by atoms with E-state index in [4.69, 9.17) is 0 Å². The predicted molar refractivity (Wildman–Crippen MR) is 114 cm³/mol. The van der Waals surface area contributed by atoms with Crippen LogP contribution in [0.25, 0.3) is 21.8 Å². The van der Waals surface area contributed by atoms with E-state index in [1.54, 1.807) is 30.1 Å². The zero-order valence-electron chi connectivity index (χ0n) is 17.0. The van der Waals surface area contributed by atoms with Crippen molar-refractivity contribution in [3.63, 3.8) is 0 Å². The molecule has 1 saturated heterocycles. The van der Waals surface area contributed by atoms with E-state index in [0.717, 1.165) is 18.8 Å². The largest absolute Gasteiger partial charge is 0.368 e. The van der Waals surface area contributed by atoms with Gasteiger partial charge in [-0.2, -0.15) is 10.2 Å². The molecule has 1 aliphatic heterocycles. The summed E-state index contributed by atoms with van der Waals surface area (Å²) >= 11 is 0. The van der Waals surface area contributed by atoms with E-state index in [9.17, 15) is 4.39 Å². The zero-order valence-corrected chi connectivity index (χ0v) is 17.0. The molecule has 0 radical (unpaired) electrons. The summed E-state index contributed by atoms with van der Waals surface area (Å²) in [6.07, 6.45) is 1.73. The Bertz CT molecular complexity index is 1240. The number of hydrogen-bond acceptors (Lipinski definition) is 5. The lowest BCUT2D eigenvalue weighted by atomic mass is 10.1. The summed E-state index contributed by atoms with van der Waals surface area (Å²) in [6, 6.07) is 7.20. The highest BCUT2D eigenvalue weighted by atomic mass is 19.1. The van der Waals surface area contributed by atoms with E-state index in [1.807, 2.05) is 6.07 Å². The Kier molecular flexibility index (Phi) is 4.35. The lowest BCUT2D eigenvalue weighted by molar-refractivity contribution is 0.407. The number of benzene rings is 2. The quantitative estimate of drug-likeness (QED) is 0.480. The predicted octanol–water partition coefficient (Wildman–Crippen LogP) is 3.66. The van der Waals surface area contributed by atoms with Gasteiger partial charge in [-0.1, -0.05) is 0 Å². The number of aryl methyl sites for hydroxylation is 1. The molecule has 2 atom stereocenters. The Morgan fingerprint density at radius 1 is 1.07 bits per heavy atom. The summed E-state index contributed by atoms with van der Waals surface area (Å²) in [4.78, 5) is 2.17. The Labute approximate surface area is 172 Å². The SMILES string of the molecule is CC1CN(c2cc(F)c3c(Nc4cc(F)c5nn(C)cc5c4)n[nH]c3c2)CC(C)N1. The van der Waals surface area contributed by atoms with E-state index in [2.05, 4.69) is 44.7 Å². The van der Waals surface area contributed by atoms with Crippen molar-refractivity contribution in [2.45, 2.75) is 25.9 Å². The molecule has 2 aromatic carbocycles. The van der Waals surface area contributed by atoms with Gasteiger partial charge in [0, 0.05) is 55.2 Å². The summed E-state index contributed by atoms with van der Waals surface area (Å²) in [5.41, 5.74) is 2.19. The highest BCUT2D eigenvalue weighted by Gasteiger charge is 2.23. The molecule has 0 amide bonds. The fourth-order valence-corrected chi connectivity index (χ4v) is 4.32. The maximum absolute atomic E-state index is 15.1. The van der Waals surface area contributed by atoms with Crippen LogP contribution in [0, 0.1) is 11.6 Å². The minimum absolute atomic E-state index is 0.297. The maximum atomic E-state index is 15.1. The lowest BCUT2D eigenvalue weighted by Crippen LogP contribution is -2.54. The van der Waals surface area contributed by atoms with Gasteiger partial charge < -0.3 is 15.5 Å². The third kappa shape index (κ3) is 3.24. The van der Waals surface area contributed by atoms with Crippen LogP contribution in [0.4, 0.5) is 26.0 Å². The standard InChI is InChI=1S/C21H23F2N7/c1-11-8-30(9-12(2)24-11)15-6-16(22)19-18(7-15)26-27-21(19)25-14-4-13-10-29(3)28-20(13)17(23)5-14/h4-7,10-12,24H,8-9H2,1-3H3,(H2,25,26,27). The summed E-state index contributed by atoms with van der Waals surface area (Å²) in [5.74, 6) is -0.501. The second kappa shape index (κ2) is 6.94. The summed E-state index contributed by atoms with van der Waals surface area (Å²) in [5, 5.41) is 18.8. The molecule has 7 nitrogen and oxygen atoms in total. The lowest BCUT2D eigenvalue weighted by Gasteiger charge is -2.37. The van der Waals surface area contributed by atoms with E-state index in [0.29, 0.717) is 45.4 Å². The molecule has 4 aromatic rings. The first-order valence-corrected chi connectivity index (χ1v) is 9.96. The third-order valence-corrected chi connectivity index (χ3v) is 5.46. The normalized spacial score (nSPS) is 19.7. The smallest absolute Gasteiger partial charge is 0.163 e. The van der Waals surface area contributed by atoms with Gasteiger partial charge in [-0.15, -0.1) is 0 Å². The number of halogens is 2. The van der Waals surface area contributed by atoms with Crippen LogP contribution in [0.1, 0.15) is 13.8 Å². The van der Waals surface area contributed by atoms with Crippen LogP contribution in [0.5, 0.6) is 0 Å². The Balaban J connectivity index is 1.49. The molecule has 0 bridgehead atoms. The van der Waals surface area contributed by atoms with Gasteiger partial charge in [0.1, 0.15) is 11.3 Å². The monoisotopic (exact) mass is 411 g/mol. The maximum Gasteiger partial charge on any atom is 0.163 e. The van der Waals surface area contributed by atoms with Crippen molar-refractivity contribution in [1.82, 2.24) is 25.3 Å². The number of nitrogens with zero attached hydrogens (tertiary/aromatic N) is 4. The minimum Gasteiger partial charge on any atom is -0.368 e. The van der Waals surface area contributed by atoms with Crippen molar-refractivity contribution in [3.8, 4) is 0 Å². The Hall–Kier alpha value is -3.20. The molecule has 0 spiro atoms. The first kappa shape index (κ1) is 18.8. The van der Waals surface area contributed by atoms with Gasteiger partial charge in [0.2, 0.25) is 0 Å². The number of nitrogens with one attached hydrogen (secondary N) is 3. The van der Waals surface area contributed by atoms with Crippen molar-refractivity contribution in [3.05, 3.63) is 42.1 Å². The molecule has 30 heavy (non-hydrogen) atoms. The van der Waals surface area contributed by atoms with Gasteiger partial charge in [-0.05, 0) is 38.1 Å². The molecule has 9 heteroatoms. The first-order chi connectivity index (χ1) is 14.4. The molecular formula is C21H23F2N7. The number of aromatic nitrogens is 4. The van der Waals surface area contributed by atoms with Gasteiger partial charge in [-0.25, -0.2) is 8.78 Å². The van der Waals surface area contributed by atoms with E-state index < -0.39 is 5.82 Å². The van der Waals surface area contributed by atoms with Crippen LogP contribution in [-0.2, 0) is 7.05 Å². The van der Waals surface area contributed by atoms with Crippen LogP contribution in [0.3, 0.4) is 0 Å². The molecule has 3 heterocycles. The molecule has 5 rings (SSSR count). The Morgan fingerprint density at radius 2 is 1.83 bits per heavy atom. The second-order valence-electron chi connectivity index (χ2n) is 8.12. The molecule has 2 unspecified atom stereocenters. The molecule has 3 N–H and O–H groups in total. The molecule has 0 saturated carbocycles. The molecule has 1 aliphatic rings. The third-order valence-electron chi connectivity index (χ3n) is 5.46. The fourth-order valence-electron chi connectivity index (χ4n) is 4.32. The number of H-pyrrole nitrogens is 1. The topological polar surface area (TPSA) is 73.8 Å². The highest BCUT2D eigenvalue weighted by molar-refractivity contribution is 5.95. The zero-order chi connectivity index (χ0) is 21.0. The molecular weight excluding hydrogens is 388 g/mol. The molecule has 0 aliphatic carbocycles. The van der Waals surface area contributed by atoms with E-state index in [1.165, 1.54) is 6.07 Å². The van der Waals surface area contributed by atoms with Crippen LogP contribution < -0.4 is 15.5 Å².